The van der Waals surface area contributed by atoms with Crippen molar-refractivity contribution in [2.45, 2.75) is 65.1 Å². The van der Waals surface area contributed by atoms with E-state index in [4.69, 9.17) is 0 Å². The van der Waals surface area contributed by atoms with Crippen LogP contribution in [0.15, 0.2) is 0 Å². The van der Waals surface area contributed by atoms with E-state index in [1.807, 2.05) is 0 Å². The summed E-state index contributed by atoms with van der Waals surface area (Å²) < 4.78 is 0. The van der Waals surface area contributed by atoms with Gasteiger partial charge in [0.2, 0.25) is 0 Å². The van der Waals surface area contributed by atoms with Crippen molar-refractivity contribution >= 4 is 0 Å². The average Bonchev–Trinajstić information content (AvgIpc) is 2.94. The summed E-state index contributed by atoms with van der Waals surface area (Å²) in [6.07, 6.45) is 4.47. The van der Waals surface area contributed by atoms with E-state index in [-0.39, 0.29) is 0 Å². The summed E-state index contributed by atoms with van der Waals surface area (Å²) in [5.41, 5.74) is 0.958. The third-order valence-electron chi connectivity index (χ3n) is 10.5. The van der Waals surface area contributed by atoms with E-state index in [1.54, 1.807) is 0 Å². The van der Waals surface area contributed by atoms with Gasteiger partial charge in [0.25, 0.3) is 0 Å². The Morgan fingerprint density at radius 1 is 0.640 bits per heavy atom. The second-order valence-corrected chi connectivity index (χ2v) is 11.6. The molecule has 0 radical (unpaired) electrons. The molecule has 0 aromatic heterocycles. The Bertz CT molecular complexity index is 536. The van der Waals surface area contributed by atoms with Crippen molar-refractivity contribution < 1.29 is 0 Å². The normalized spacial score (nSPS) is 57.8. The Morgan fingerprint density at radius 2 is 1.20 bits per heavy atom. The predicted octanol–water partition coefficient (Wildman–Crippen LogP) is 2.57. The Balaban J connectivity index is 1.56. The lowest BCUT2D eigenvalue weighted by molar-refractivity contribution is -0.197. The highest BCUT2D eigenvalue weighted by Gasteiger charge is 2.71. The Morgan fingerprint density at radius 3 is 1.92 bits per heavy atom. The van der Waals surface area contributed by atoms with Crippen molar-refractivity contribution in [3.63, 3.8) is 0 Å². The fraction of sp³-hybridized carbons (Fsp3) is 1.00. The first-order valence-corrected chi connectivity index (χ1v) is 11.1. The standard InChI is InChI=1S/C22H37N3/c1-21(2)14-7-5-6-12-13-8-23-9-15-19(13)25(18(12)14)20-16(21)10-24-11-17(20)22(15,3)4/h12-20,23-24H,5-11H2,1-4H3. The molecule has 2 N–H and O–H groups in total. The first-order chi connectivity index (χ1) is 11.9. The maximum absolute atomic E-state index is 3.90. The Labute approximate surface area is 153 Å². The molecule has 6 fully saturated rings. The highest BCUT2D eigenvalue weighted by Crippen LogP contribution is 2.66. The number of piperidine rings is 4. The quantitative estimate of drug-likeness (QED) is 0.708. The molecule has 0 bridgehead atoms. The third kappa shape index (κ3) is 1.71. The molecule has 5 saturated heterocycles. The van der Waals surface area contributed by atoms with Gasteiger partial charge in [-0.2, -0.15) is 0 Å². The fourth-order valence-electron chi connectivity index (χ4n) is 9.29. The van der Waals surface area contributed by atoms with Crippen LogP contribution < -0.4 is 10.6 Å². The van der Waals surface area contributed by atoms with Crippen LogP contribution in [0.1, 0.15) is 47.0 Å². The molecule has 9 atom stereocenters. The van der Waals surface area contributed by atoms with E-state index < -0.39 is 0 Å². The lowest BCUT2D eigenvalue weighted by atomic mass is 9.49. The second kappa shape index (κ2) is 4.83. The van der Waals surface area contributed by atoms with Gasteiger partial charge in [-0.15, -0.1) is 0 Å². The molecule has 140 valence electrons. The van der Waals surface area contributed by atoms with Gasteiger partial charge >= 0.3 is 0 Å². The first-order valence-electron chi connectivity index (χ1n) is 11.1. The van der Waals surface area contributed by atoms with Crippen LogP contribution in [0, 0.1) is 46.3 Å². The molecule has 0 aromatic rings. The number of hydrogen-bond donors (Lipinski definition) is 2. The molecule has 9 unspecified atom stereocenters. The van der Waals surface area contributed by atoms with Crippen LogP contribution in [0.25, 0.3) is 0 Å². The third-order valence-corrected chi connectivity index (χ3v) is 10.5. The maximum Gasteiger partial charge on any atom is 0.0193 e. The van der Waals surface area contributed by atoms with E-state index in [0.29, 0.717) is 10.8 Å². The van der Waals surface area contributed by atoms with Crippen LogP contribution in [0.5, 0.6) is 0 Å². The molecule has 5 aliphatic heterocycles. The molecule has 3 heteroatoms. The molecular formula is C22H37N3. The topological polar surface area (TPSA) is 27.3 Å². The highest BCUT2D eigenvalue weighted by atomic mass is 15.3. The van der Waals surface area contributed by atoms with Crippen molar-refractivity contribution in [1.82, 2.24) is 15.5 Å². The van der Waals surface area contributed by atoms with Gasteiger partial charge in [0.05, 0.1) is 0 Å². The van der Waals surface area contributed by atoms with Crippen LogP contribution in [0.3, 0.4) is 0 Å². The molecule has 5 heterocycles. The molecular weight excluding hydrogens is 306 g/mol. The number of nitrogens with zero attached hydrogens (tertiary/aromatic N) is 1. The largest absolute Gasteiger partial charge is 0.316 e. The van der Waals surface area contributed by atoms with Crippen molar-refractivity contribution in [3.05, 3.63) is 0 Å². The van der Waals surface area contributed by atoms with E-state index in [2.05, 4.69) is 43.2 Å². The van der Waals surface area contributed by atoms with E-state index in [0.717, 1.165) is 53.6 Å². The maximum atomic E-state index is 3.90. The smallest absolute Gasteiger partial charge is 0.0193 e. The molecule has 25 heavy (non-hydrogen) atoms. The minimum absolute atomic E-state index is 0.458. The summed E-state index contributed by atoms with van der Waals surface area (Å²) in [6, 6.07) is 2.63. The van der Waals surface area contributed by atoms with Crippen LogP contribution >= 0.6 is 0 Å². The van der Waals surface area contributed by atoms with Crippen molar-refractivity contribution in [1.29, 1.82) is 0 Å². The first kappa shape index (κ1) is 15.9. The van der Waals surface area contributed by atoms with Crippen LogP contribution in [-0.4, -0.2) is 49.2 Å². The minimum atomic E-state index is 0.458. The Hall–Kier alpha value is -0.120. The van der Waals surface area contributed by atoms with Gasteiger partial charge in [-0.25, -0.2) is 0 Å². The second-order valence-electron chi connectivity index (χ2n) is 11.6. The summed E-state index contributed by atoms with van der Waals surface area (Å²) in [5, 5.41) is 7.80. The molecule has 1 aliphatic carbocycles. The summed E-state index contributed by atoms with van der Waals surface area (Å²) in [5.74, 6) is 5.36. The summed E-state index contributed by atoms with van der Waals surface area (Å²) >= 11 is 0. The van der Waals surface area contributed by atoms with Crippen molar-refractivity contribution in [2.75, 3.05) is 26.2 Å². The molecule has 0 spiro atoms. The number of nitrogens with one attached hydrogen (secondary N) is 2. The number of hydrogen-bond acceptors (Lipinski definition) is 3. The zero-order valence-electron chi connectivity index (χ0n) is 16.6. The van der Waals surface area contributed by atoms with Crippen molar-refractivity contribution in [2.24, 2.45) is 46.3 Å². The summed E-state index contributed by atoms with van der Waals surface area (Å²) in [4.78, 5) is 3.21. The van der Waals surface area contributed by atoms with Gasteiger partial charge in [-0.05, 0) is 85.4 Å². The molecule has 3 nitrogen and oxygen atoms in total. The molecule has 1 saturated carbocycles. The van der Waals surface area contributed by atoms with Crippen LogP contribution in [-0.2, 0) is 0 Å². The molecule has 0 aromatic carbocycles. The van der Waals surface area contributed by atoms with Gasteiger partial charge < -0.3 is 10.6 Å². The minimum Gasteiger partial charge on any atom is -0.316 e. The van der Waals surface area contributed by atoms with E-state index >= 15 is 0 Å². The number of rotatable bonds is 0. The average molecular weight is 344 g/mol. The van der Waals surface area contributed by atoms with Crippen LogP contribution in [0.4, 0.5) is 0 Å². The number of fused-ring (bicyclic) bond motifs is 1. The lowest BCUT2D eigenvalue weighted by Gasteiger charge is -2.69. The van der Waals surface area contributed by atoms with Gasteiger partial charge in [0.1, 0.15) is 0 Å². The Kier molecular flexibility index (Phi) is 3.07. The molecule has 6 rings (SSSR count). The van der Waals surface area contributed by atoms with Gasteiger partial charge in [0.15, 0.2) is 0 Å². The van der Waals surface area contributed by atoms with E-state index in [1.165, 1.54) is 45.4 Å². The van der Waals surface area contributed by atoms with Gasteiger partial charge in [0, 0.05) is 18.1 Å². The predicted molar refractivity (Wildman–Crippen MR) is 101 cm³/mol. The zero-order valence-corrected chi connectivity index (χ0v) is 16.6. The van der Waals surface area contributed by atoms with Gasteiger partial charge in [-0.1, -0.05) is 34.1 Å². The lowest BCUT2D eigenvalue weighted by Crippen LogP contribution is -2.76. The van der Waals surface area contributed by atoms with E-state index in [9.17, 15) is 0 Å². The van der Waals surface area contributed by atoms with Gasteiger partial charge in [-0.3, -0.25) is 4.90 Å². The SMILES string of the molecule is CC1(C)C2CCCC3C4CNCC5C4N(C32)C2C1CNCC2C5(C)C. The highest BCUT2D eigenvalue weighted by molar-refractivity contribution is 5.23. The monoisotopic (exact) mass is 343 g/mol. The van der Waals surface area contributed by atoms with Crippen molar-refractivity contribution in [3.8, 4) is 0 Å². The summed E-state index contributed by atoms with van der Waals surface area (Å²) in [7, 11) is 0. The molecule has 6 aliphatic rings. The zero-order chi connectivity index (χ0) is 17.1. The molecule has 0 amide bonds. The van der Waals surface area contributed by atoms with Crippen LogP contribution in [0.2, 0.25) is 0 Å². The summed E-state index contributed by atoms with van der Waals surface area (Å²) in [6.45, 7) is 15.6. The fourth-order valence-corrected chi connectivity index (χ4v) is 9.29.